The second-order valence-electron chi connectivity index (χ2n) is 5.45. The van der Waals surface area contributed by atoms with Crippen molar-refractivity contribution in [1.82, 2.24) is 4.90 Å². The first-order valence-electron chi connectivity index (χ1n) is 7.33. The lowest BCUT2D eigenvalue weighted by molar-refractivity contribution is -0.127. The van der Waals surface area contributed by atoms with Crippen LogP contribution < -0.4 is 9.47 Å². The van der Waals surface area contributed by atoms with Gasteiger partial charge < -0.3 is 14.4 Å². The van der Waals surface area contributed by atoms with Crippen LogP contribution in [-0.4, -0.2) is 38.1 Å². The van der Waals surface area contributed by atoms with Crippen LogP contribution in [0.3, 0.4) is 0 Å². The van der Waals surface area contributed by atoms with Gasteiger partial charge in [-0.2, -0.15) is 0 Å². The molecule has 1 aliphatic rings. The van der Waals surface area contributed by atoms with E-state index in [1.807, 2.05) is 23.1 Å². The van der Waals surface area contributed by atoms with Crippen molar-refractivity contribution >= 4 is 12.0 Å². The van der Waals surface area contributed by atoms with Gasteiger partial charge in [-0.15, -0.1) is 0 Å². The minimum atomic E-state index is 0.0692. The van der Waals surface area contributed by atoms with Crippen molar-refractivity contribution in [3.05, 3.63) is 29.8 Å². The van der Waals surface area contributed by atoms with E-state index in [1.165, 1.54) is 0 Å². The van der Waals surface area contributed by atoms with Gasteiger partial charge in [0.1, 0.15) is 11.5 Å². The zero-order chi connectivity index (χ0) is 15.2. The molecular formula is C17H23NO3. The highest BCUT2D eigenvalue weighted by molar-refractivity contribution is 5.92. The molecule has 0 atom stereocenters. The van der Waals surface area contributed by atoms with Crippen LogP contribution in [0.1, 0.15) is 25.3 Å². The normalized spacial score (nSPS) is 16.2. The summed E-state index contributed by atoms with van der Waals surface area (Å²) in [5.74, 6) is 2.23. The van der Waals surface area contributed by atoms with E-state index in [-0.39, 0.29) is 5.91 Å². The van der Waals surface area contributed by atoms with Crippen LogP contribution in [0.2, 0.25) is 0 Å². The number of carbonyl (C=O) groups excluding carboxylic acids is 1. The molecule has 0 saturated carbocycles. The Labute approximate surface area is 126 Å². The Kier molecular flexibility index (Phi) is 5.26. The number of ether oxygens (including phenoxy) is 2. The second-order valence-corrected chi connectivity index (χ2v) is 5.45. The van der Waals surface area contributed by atoms with Gasteiger partial charge in [0.05, 0.1) is 14.2 Å². The Hall–Kier alpha value is -1.97. The molecule has 21 heavy (non-hydrogen) atoms. The van der Waals surface area contributed by atoms with Crippen LogP contribution in [0.5, 0.6) is 11.5 Å². The average Bonchev–Trinajstić information content (AvgIpc) is 2.53. The van der Waals surface area contributed by atoms with Gasteiger partial charge in [0, 0.05) is 30.8 Å². The maximum Gasteiger partial charge on any atom is 0.246 e. The molecule has 0 N–H and O–H groups in total. The van der Waals surface area contributed by atoms with Gasteiger partial charge in [0.25, 0.3) is 0 Å². The summed E-state index contributed by atoms with van der Waals surface area (Å²) in [7, 11) is 3.23. The monoisotopic (exact) mass is 289 g/mol. The fraction of sp³-hybridized carbons (Fsp3) is 0.471. The molecule has 0 aromatic heterocycles. The largest absolute Gasteiger partial charge is 0.497 e. The molecular weight excluding hydrogens is 266 g/mol. The Morgan fingerprint density at radius 1 is 1.24 bits per heavy atom. The molecule has 4 nitrogen and oxygen atoms in total. The van der Waals surface area contributed by atoms with Crippen LogP contribution in [-0.2, 0) is 4.79 Å². The van der Waals surface area contributed by atoms with Gasteiger partial charge in [0.15, 0.2) is 0 Å². The van der Waals surface area contributed by atoms with Crippen LogP contribution >= 0.6 is 0 Å². The van der Waals surface area contributed by atoms with Crippen molar-refractivity contribution in [2.75, 3.05) is 27.3 Å². The van der Waals surface area contributed by atoms with Gasteiger partial charge in [-0.3, -0.25) is 4.79 Å². The number of amides is 1. The van der Waals surface area contributed by atoms with Gasteiger partial charge in [-0.25, -0.2) is 0 Å². The first kappa shape index (κ1) is 15.4. The number of likely N-dealkylation sites (tertiary alicyclic amines) is 1. The molecule has 0 radical (unpaired) electrons. The smallest absolute Gasteiger partial charge is 0.246 e. The fourth-order valence-electron chi connectivity index (χ4n) is 2.45. The molecule has 114 valence electrons. The molecule has 1 aromatic carbocycles. The summed E-state index contributed by atoms with van der Waals surface area (Å²) in [5.41, 5.74) is 0.872. The Morgan fingerprint density at radius 2 is 1.95 bits per heavy atom. The molecule has 0 aliphatic carbocycles. The van der Waals surface area contributed by atoms with Gasteiger partial charge >= 0.3 is 0 Å². The summed E-state index contributed by atoms with van der Waals surface area (Å²) in [5, 5.41) is 0. The number of rotatable bonds is 4. The summed E-state index contributed by atoms with van der Waals surface area (Å²) < 4.78 is 10.5. The molecule has 1 fully saturated rings. The van der Waals surface area contributed by atoms with E-state index in [0.29, 0.717) is 5.75 Å². The third-order valence-corrected chi connectivity index (χ3v) is 3.94. The number of hydrogen-bond acceptors (Lipinski definition) is 3. The maximum atomic E-state index is 12.2. The lowest BCUT2D eigenvalue weighted by Crippen LogP contribution is -2.36. The molecule has 1 aliphatic heterocycles. The minimum Gasteiger partial charge on any atom is -0.497 e. The third-order valence-electron chi connectivity index (χ3n) is 3.94. The summed E-state index contributed by atoms with van der Waals surface area (Å²) in [6.45, 7) is 3.94. The molecule has 1 heterocycles. The van der Waals surface area contributed by atoms with Gasteiger partial charge in [0.2, 0.25) is 5.91 Å². The van der Waals surface area contributed by atoms with E-state index in [2.05, 4.69) is 6.92 Å². The van der Waals surface area contributed by atoms with Crippen LogP contribution in [0.15, 0.2) is 24.3 Å². The number of nitrogens with zero attached hydrogens (tertiary/aromatic N) is 1. The average molecular weight is 289 g/mol. The van der Waals surface area contributed by atoms with Crippen molar-refractivity contribution in [2.24, 2.45) is 5.92 Å². The summed E-state index contributed by atoms with van der Waals surface area (Å²) >= 11 is 0. The van der Waals surface area contributed by atoms with E-state index < -0.39 is 0 Å². The van der Waals surface area contributed by atoms with Crippen molar-refractivity contribution in [1.29, 1.82) is 0 Å². The number of carbonyl (C=O) groups is 1. The second kappa shape index (κ2) is 7.16. The summed E-state index contributed by atoms with van der Waals surface area (Å²) in [4.78, 5) is 14.1. The molecule has 1 aromatic rings. The highest BCUT2D eigenvalue weighted by atomic mass is 16.5. The van der Waals surface area contributed by atoms with Crippen molar-refractivity contribution in [3.8, 4) is 11.5 Å². The predicted molar refractivity (Wildman–Crippen MR) is 83.6 cm³/mol. The molecule has 1 amide bonds. The fourth-order valence-corrected chi connectivity index (χ4v) is 2.45. The molecule has 2 rings (SSSR count). The van der Waals surface area contributed by atoms with Crippen molar-refractivity contribution in [2.45, 2.75) is 19.8 Å². The molecule has 0 spiro atoms. The highest BCUT2D eigenvalue weighted by Gasteiger charge is 2.18. The van der Waals surface area contributed by atoms with E-state index in [1.54, 1.807) is 26.4 Å². The summed E-state index contributed by atoms with van der Waals surface area (Å²) in [6, 6.07) is 5.56. The first-order valence-corrected chi connectivity index (χ1v) is 7.33. The van der Waals surface area contributed by atoms with Crippen molar-refractivity contribution < 1.29 is 14.3 Å². The van der Waals surface area contributed by atoms with E-state index in [4.69, 9.17) is 9.47 Å². The predicted octanol–water partition coefficient (Wildman–Crippen LogP) is 2.98. The Bertz CT molecular complexity index is 517. The first-order chi connectivity index (χ1) is 10.1. The SMILES string of the molecule is COc1ccc(C=CC(=O)N2CCC(C)CC2)c(OC)c1. The van der Waals surface area contributed by atoms with Crippen LogP contribution in [0.25, 0.3) is 6.08 Å². The Balaban J connectivity index is 2.05. The van der Waals surface area contributed by atoms with Gasteiger partial charge in [-0.1, -0.05) is 6.92 Å². The Morgan fingerprint density at radius 3 is 2.57 bits per heavy atom. The number of hydrogen-bond donors (Lipinski definition) is 0. The number of methoxy groups -OCH3 is 2. The zero-order valence-electron chi connectivity index (χ0n) is 13.0. The topological polar surface area (TPSA) is 38.8 Å². The van der Waals surface area contributed by atoms with E-state index >= 15 is 0 Å². The van der Waals surface area contributed by atoms with E-state index in [0.717, 1.165) is 43.2 Å². The molecule has 0 unspecified atom stereocenters. The molecule has 4 heteroatoms. The number of benzene rings is 1. The minimum absolute atomic E-state index is 0.0692. The lowest BCUT2D eigenvalue weighted by atomic mass is 9.99. The molecule has 1 saturated heterocycles. The quantitative estimate of drug-likeness (QED) is 0.800. The third kappa shape index (κ3) is 4.00. The number of piperidine rings is 1. The maximum absolute atomic E-state index is 12.2. The summed E-state index contributed by atoms with van der Waals surface area (Å²) in [6.07, 6.45) is 5.61. The van der Waals surface area contributed by atoms with E-state index in [9.17, 15) is 4.79 Å². The zero-order valence-corrected chi connectivity index (χ0v) is 13.0. The van der Waals surface area contributed by atoms with Crippen LogP contribution in [0.4, 0.5) is 0 Å². The molecule has 0 bridgehead atoms. The lowest BCUT2D eigenvalue weighted by Gasteiger charge is -2.29. The highest BCUT2D eigenvalue weighted by Crippen LogP contribution is 2.25. The van der Waals surface area contributed by atoms with Crippen molar-refractivity contribution in [3.63, 3.8) is 0 Å². The van der Waals surface area contributed by atoms with Gasteiger partial charge in [-0.05, 0) is 37.0 Å². The standard InChI is InChI=1S/C17H23NO3/c1-13-8-10-18(11-9-13)17(19)7-5-14-4-6-15(20-2)12-16(14)21-3/h4-7,12-13H,8-11H2,1-3H3. The van der Waals surface area contributed by atoms with Crippen LogP contribution in [0, 0.1) is 5.92 Å².